The summed E-state index contributed by atoms with van der Waals surface area (Å²) in [5.74, 6) is 0.171. The molecule has 1 fully saturated rings. The molecule has 2 heterocycles. The van der Waals surface area contributed by atoms with Gasteiger partial charge in [0.05, 0.1) is 0 Å². The van der Waals surface area contributed by atoms with Gasteiger partial charge in [-0.2, -0.15) is 0 Å². The zero-order chi connectivity index (χ0) is 15.6. The van der Waals surface area contributed by atoms with E-state index in [2.05, 4.69) is 16.4 Å². The maximum atomic E-state index is 13.2. The van der Waals surface area contributed by atoms with Gasteiger partial charge in [-0.05, 0) is 61.1 Å². The molecule has 1 aliphatic carbocycles. The minimum absolute atomic E-state index is 0.171. The molecule has 1 aliphatic heterocycles. The number of aromatic nitrogens is 1. The first-order valence-corrected chi connectivity index (χ1v) is 8.38. The zero-order valence-corrected chi connectivity index (χ0v) is 13.2. The average Bonchev–Trinajstić information content (AvgIpc) is 3.44. The van der Waals surface area contributed by atoms with Crippen molar-refractivity contribution in [2.45, 2.75) is 38.3 Å². The van der Waals surface area contributed by atoms with Crippen molar-refractivity contribution in [1.29, 1.82) is 0 Å². The Balaban J connectivity index is 1.63. The number of fused-ring (bicyclic) bond motifs is 1. The van der Waals surface area contributed by atoms with Crippen LogP contribution in [0.1, 0.15) is 40.7 Å². The third-order valence-corrected chi connectivity index (χ3v) is 4.68. The summed E-state index contributed by atoms with van der Waals surface area (Å²) in [7, 11) is 0. The molecule has 1 aromatic carbocycles. The predicted molar refractivity (Wildman–Crippen MR) is 90.4 cm³/mol. The molecule has 0 unspecified atom stereocenters. The Morgan fingerprint density at radius 1 is 1.22 bits per heavy atom. The Bertz CT molecular complexity index is 710. The fourth-order valence-corrected chi connectivity index (χ4v) is 3.30. The van der Waals surface area contributed by atoms with E-state index in [1.165, 1.54) is 5.56 Å². The highest BCUT2D eigenvalue weighted by Crippen LogP contribution is 2.32. The van der Waals surface area contributed by atoms with Crippen molar-refractivity contribution >= 4 is 11.6 Å². The van der Waals surface area contributed by atoms with Gasteiger partial charge in [0.25, 0.3) is 5.91 Å². The van der Waals surface area contributed by atoms with Crippen LogP contribution in [0.4, 0.5) is 5.69 Å². The first kappa shape index (κ1) is 14.2. The van der Waals surface area contributed by atoms with Crippen LogP contribution in [0.25, 0.3) is 0 Å². The van der Waals surface area contributed by atoms with E-state index in [-0.39, 0.29) is 5.91 Å². The molecule has 4 heteroatoms. The molecule has 1 aromatic heterocycles. The Labute approximate surface area is 136 Å². The lowest BCUT2D eigenvalue weighted by atomic mass is 9.96. The number of hydrogen-bond acceptors (Lipinski definition) is 3. The lowest BCUT2D eigenvalue weighted by molar-refractivity contribution is 0.0728. The smallest absolute Gasteiger partial charge is 0.254 e. The summed E-state index contributed by atoms with van der Waals surface area (Å²) in [6.45, 7) is 1.66. The van der Waals surface area contributed by atoms with Crippen LogP contribution in [0.3, 0.4) is 0 Å². The molecule has 0 radical (unpaired) electrons. The highest BCUT2D eigenvalue weighted by atomic mass is 16.2. The number of anilines is 1. The van der Waals surface area contributed by atoms with Crippen molar-refractivity contribution in [3.63, 3.8) is 0 Å². The second-order valence-corrected chi connectivity index (χ2v) is 6.38. The van der Waals surface area contributed by atoms with Crippen LogP contribution in [0.2, 0.25) is 0 Å². The van der Waals surface area contributed by atoms with Crippen molar-refractivity contribution in [2.75, 3.05) is 11.9 Å². The predicted octanol–water partition coefficient (Wildman–Crippen LogP) is 3.24. The first-order chi connectivity index (χ1) is 11.3. The third kappa shape index (κ3) is 2.93. The second kappa shape index (κ2) is 6.03. The first-order valence-electron chi connectivity index (χ1n) is 8.38. The van der Waals surface area contributed by atoms with E-state index >= 15 is 0 Å². The molecule has 0 saturated heterocycles. The van der Waals surface area contributed by atoms with E-state index in [0.29, 0.717) is 12.6 Å². The van der Waals surface area contributed by atoms with Gasteiger partial charge in [-0.1, -0.05) is 6.07 Å². The van der Waals surface area contributed by atoms with E-state index in [1.54, 1.807) is 12.4 Å². The van der Waals surface area contributed by atoms with E-state index in [0.717, 1.165) is 49.0 Å². The molecule has 0 atom stereocenters. The highest BCUT2D eigenvalue weighted by molar-refractivity contribution is 5.97. The van der Waals surface area contributed by atoms with Crippen molar-refractivity contribution in [1.82, 2.24) is 9.88 Å². The fraction of sp³-hybridized carbons (Fsp3) is 0.368. The summed E-state index contributed by atoms with van der Waals surface area (Å²) in [5.41, 5.74) is 4.32. The molecule has 1 N–H and O–H groups in total. The Hall–Kier alpha value is -2.36. The van der Waals surface area contributed by atoms with Crippen molar-refractivity contribution < 1.29 is 4.79 Å². The molecule has 2 aliphatic rings. The van der Waals surface area contributed by atoms with Gasteiger partial charge in [0.2, 0.25) is 0 Å². The fourth-order valence-electron chi connectivity index (χ4n) is 3.30. The highest BCUT2D eigenvalue weighted by Gasteiger charge is 2.34. The Morgan fingerprint density at radius 3 is 2.83 bits per heavy atom. The maximum Gasteiger partial charge on any atom is 0.254 e. The van der Waals surface area contributed by atoms with Gasteiger partial charge in [-0.3, -0.25) is 9.78 Å². The van der Waals surface area contributed by atoms with E-state index < -0.39 is 0 Å². The molecule has 118 valence electrons. The largest absolute Gasteiger partial charge is 0.385 e. The molecule has 1 amide bonds. The van der Waals surface area contributed by atoms with Crippen LogP contribution in [0.5, 0.6) is 0 Å². The van der Waals surface area contributed by atoms with E-state index in [9.17, 15) is 4.79 Å². The molecule has 4 nitrogen and oxygen atoms in total. The van der Waals surface area contributed by atoms with Crippen molar-refractivity contribution in [2.24, 2.45) is 0 Å². The number of pyridine rings is 1. The number of nitrogens with one attached hydrogen (secondary N) is 1. The molecule has 1 saturated carbocycles. The summed E-state index contributed by atoms with van der Waals surface area (Å²) in [6.07, 6.45) is 7.88. The SMILES string of the molecule is O=C(c1cccc2c1CCCN2)N(Cc1ccncc1)C1CC1. The average molecular weight is 307 g/mol. The maximum absolute atomic E-state index is 13.2. The topological polar surface area (TPSA) is 45.2 Å². The minimum Gasteiger partial charge on any atom is -0.385 e. The van der Waals surface area contributed by atoms with Crippen LogP contribution in [-0.4, -0.2) is 28.4 Å². The summed E-state index contributed by atoms with van der Waals surface area (Å²) >= 11 is 0. The molecule has 0 spiro atoms. The number of benzene rings is 1. The van der Waals surface area contributed by atoms with E-state index in [1.807, 2.05) is 29.2 Å². The molecule has 23 heavy (non-hydrogen) atoms. The molecule has 4 rings (SSSR count). The summed E-state index contributed by atoms with van der Waals surface area (Å²) in [5, 5.41) is 3.41. The second-order valence-electron chi connectivity index (χ2n) is 6.38. The van der Waals surface area contributed by atoms with Crippen molar-refractivity contribution in [3.8, 4) is 0 Å². The molecular formula is C19H21N3O. The summed E-state index contributed by atoms with van der Waals surface area (Å²) in [4.78, 5) is 19.3. The van der Waals surface area contributed by atoms with E-state index in [4.69, 9.17) is 0 Å². The van der Waals surface area contributed by atoms with Gasteiger partial charge in [0.1, 0.15) is 0 Å². The lowest BCUT2D eigenvalue weighted by Gasteiger charge is -2.26. The number of amides is 1. The van der Waals surface area contributed by atoms with Gasteiger partial charge in [0.15, 0.2) is 0 Å². The quantitative estimate of drug-likeness (QED) is 0.943. The normalized spacial score (nSPS) is 16.3. The molecule has 2 aromatic rings. The zero-order valence-electron chi connectivity index (χ0n) is 13.2. The van der Waals surface area contributed by atoms with Gasteiger partial charge in [-0.15, -0.1) is 0 Å². The minimum atomic E-state index is 0.171. The molecular weight excluding hydrogens is 286 g/mol. The summed E-state index contributed by atoms with van der Waals surface area (Å²) in [6, 6.07) is 10.4. The number of rotatable bonds is 4. The van der Waals surface area contributed by atoms with Crippen LogP contribution in [-0.2, 0) is 13.0 Å². The number of nitrogens with zero attached hydrogens (tertiary/aromatic N) is 2. The third-order valence-electron chi connectivity index (χ3n) is 4.68. The van der Waals surface area contributed by atoms with Crippen molar-refractivity contribution in [3.05, 3.63) is 59.4 Å². The monoisotopic (exact) mass is 307 g/mol. The van der Waals surface area contributed by atoms with Crippen LogP contribution in [0.15, 0.2) is 42.7 Å². The number of carbonyl (C=O) groups is 1. The van der Waals surface area contributed by atoms with Crippen LogP contribution < -0.4 is 5.32 Å². The number of carbonyl (C=O) groups excluding carboxylic acids is 1. The van der Waals surface area contributed by atoms with Gasteiger partial charge in [-0.25, -0.2) is 0 Å². The van der Waals surface area contributed by atoms with Crippen LogP contribution in [0, 0.1) is 0 Å². The van der Waals surface area contributed by atoms with Crippen LogP contribution >= 0.6 is 0 Å². The molecule has 0 bridgehead atoms. The van der Waals surface area contributed by atoms with Gasteiger partial charge in [0, 0.05) is 42.8 Å². The van der Waals surface area contributed by atoms with Gasteiger partial charge < -0.3 is 10.2 Å². The lowest BCUT2D eigenvalue weighted by Crippen LogP contribution is -2.33. The Morgan fingerprint density at radius 2 is 2.04 bits per heavy atom. The Kier molecular flexibility index (Phi) is 3.74. The summed E-state index contributed by atoms with van der Waals surface area (Å²) < 4.78 is 0. The standard InChI is InChI=1S/C19H21N3O/c23-19(17-3-1-5-18-16(17)4-2-10-21-18)22(15-6-7-15)13-14-8-11-20-12-9-14/h1,3,5,8-9,11-12,15,21H,2,4,6-7,10,13H2. The van der Waals surface area contributed by atoms with Gasteiger partial charge >= 0.3 is 0 Å². The number of hydrogen-bond donors (Lipinski definition) is 1.